The fourth-order valence-corrected chi connectivity index (χ4v) is 1.98. The van der Waals surface area contributed by atoms with Crippen LogP contribution in [0.25, 0.3) is 0 Å². The van der Waals surface area contributed by atoms with E-state index in [1.54, 1.807) is 0 Å². The Bertz CT molecular complexity index is 569. The molecule has 0 fully saturated rings. The van der Waals surface area contributed by atoms with Crippen molar-refractivity contribution in [2.24, 2.45) is 5.84 Å². The number of hydrazine groups is 1. The molecule has 21 heavy (non-hydrogen) atoms. The lowest BCUT2D eigenvalue weighted by Crippen LogP contribution is -2.27. The van der Waals surface area contributed by atoms with Crippen molar-refractivity contribution in [3.05, 3.63) is 30.3 Å². The van der Waals surface area contributed by atoms with Gasteiger partial charge in [0.05, 0.1) is 0 Å². The van der Waals surface area contributed by atoms with E-state index in [-0.39, 0.29) is 0 Å². The highest BCUT2D eigenvalue weighted by Crippen LogP contribution is 2.22. The second-order valence-corrected chi connectivity index (χ2v) is 4.47. The summed E-state index contributed by atoms with van der Waals surface area (Å²) in [5, 5.41) is 0. The van der Waals surface area contributed by atoms with Crippen molar-refractivity contribution in [1.29, 1.82) is 0 Å². The first kappa shape index (κ1) is 15.0. The van der Waals surface area contributed by atoms with Crippen LogP contribution in [-0.2, 0) is 0 Å². The molecule has 0 amide bonds. The Labute approximate surface area is 124 Å². The Hall–Kier alpha value is -2.41. The number of benzene rings is 1. The predicted octanol–water partition coefficient (Wildman–Crippen LogP) is 1.77. The van der Waals surface area contributed by atoms with Gasteiger partial charge in [-0.2, -0.15) is 15.0 Å². The van der Waals surface area contributed by atoms with Crippen LogP contribution in [0, 0.1) is 0 Å². The monoisotopic (exact) mass is 287 g/mol. The first-order valence-electron chi connectivity index (χ1n) is 6.96. The van der Waals surface area contributed by atoms with Crippen LogP contribution in [0.5, 0.6) is 0 Å². The van der Waals surface area contributed by atoms with Gasteiger partial charge in [0, 0.05) is 25.8 Å². The molecule has 2 aromatic rings. The number of nitrogens with one attached hydrogen (secondary N) is 1. The summed E-state index contributed by atoms with van der Waals surface area (Å²) >= 11 is 0. The SMILES string of the molecule is CCN(CC)c1nc(NN)nc(N(C)c2ccccc2)n1. The van der Waals surface area contributed by atoms with Crippen molar-refractivity contribution in [3.63, 3.8) is 0 Å². The standard InChI is InChI=1S/C14H21N7/c1-4-21(5-2)14-17-12(19-15)16-13(18-14)20(3)11-9-7-6-8-10-11/h6-10H,4-5,15H2,1-3H3,(H,16,17,18,19). The molecule has 0 bridgehead atoms. The molecule has 112 valence electrons. The number of para-hydroxylation sites is 1. The first-order chi connectivity index (χ1) is 10.2. The molecule has 0 unspecified atom stereocenters. The van der Waals surface area contributed by atoms with E-state index in [1.165, 1.54) is 0 Å². The highest BCUT2D eigenvalue weighted by atomic mass is 15.4. The molecule has 1 aromatic carbocycles. The predicted molar refractivity (Wildman–Crippen MR) is 85.7 cm³/mol. The van der Waals surface area contributed by atoms with Crippen LogP contribution in [0.2, 0.25) is 0 Å². The third-order valence-corrected chi connectivity index (χ3v) is 3.23. The number of hydrogen-bond donors (Lipinski definition) is 2. The zero-order valence-corrected chi connectivity index (χ0v) is 12.6. The van der Waals surface area contributed by atoms with Crippen molar-refractivity contribution in [2.45, 2.75) is 13.8 Å². The van der Waals surface area contributed by atoms with Crippen molar-refractivity contribution >= 4 is 23.5 Å². The number of anilines is 4. The van der Waals surface area contributed by atoms with Crippen molar-refractivity contribution < 1.29 is 0 Å². The minimum absolute atomic E-state index is 0.352. The van der Waals surface area contributed by atoms with E-state index in [1.807, 2.05) is 47.2 Å². The van der Waals surface area contributed by atoms with Gasteiger partial charge in [-0.25, -0.2) is 5.84 Å². The summed E-state index contributed by atoms with van der Waals surface area (Å²) in [4.78, 5) is 17.1. The highest BCUT2D eigenvalue weighted by Gasteiger charge is 2.14. The van der Waals surface area contributed by atoms with Gasteiger partial charge < -0.3 is 9.80 Å². The molecule has 7 heteroatoms. The minimum Gasteiger partial charge on any atom is -0.341 e. The Morgan fingerprint density at radius 3 is 2.19 bits per heavy atom. The zero-order valence-electron chi connectivity index (χ0n) is 12.6. The summed E-state index contributed by atoms with van der Waals surface area (Å²) in [6.07, 6.45) is 0. The maximum absolute atomic E-state index is 5.47. The average Bonchev–Trinajstić information content (AvgIpc) is 2.55. The molecule has 1 aromatic heterocycles. The summed E-state index contributed by atoms with van der Waals surface area (Å²) < 4.78 is 0. The van der Waals surface area contributed by atoms with E-state index in [2.05, 4.69) is 34.2 Å². The van der Waals surface area contributed by atoms with Gasteiger partial charge in [-0.15, -0.1) is 0 Å². The molecule has 7 nitrogen and oxygen atoms in total. The lowest BCUT2D eigenvalue weighted by molar-refractivity contribution is 0.809. The summed E-state index contributed by atoms with van der Waals surface area (Å²) in [5.74, 6) is 6.98. The lowest BCUT2D eigenvalue weighted by Gasteiger charge is -2.22. The lowest BCUT2D eigenvalue weighted by atomic mass is 10.3. The molecule has 0 aliphatic carbocycles. The number of hydrogen-bond acceptors (Lipinski definition) is 7. The Kier molecular flexibility index (Phi) is 4.89. The summed E-state index contributed by atoms with van der Waals surface area (Å²) in [6, 6.07) is 9.91. The Morgan fingerprint density at radius 1 is 1.00 bits per heavy atom. The molecule has 0 atom stereocenters. The van der Waals surface area contributed by atoms with E-state index in [4.69, 9.17) is 5.84 Å². The summed E-state index contributed by atoms with van der Waals surface area (Å²) in [6.45, 7) is 5.75. The number of nitrogens with two attached hydrogens (primary N) is 1. The maximum atomic E-state index is 5.47. The maximum Gasteiger partial charge on any atom is 0.243 e. The second kappa shape index (κ2) is 6.85. The molecule has 0 spiro atoms. The largest absolute Gasteiger partial charge is 0.341 e. The van der Waals surface area contributed by atoms with Crippen LogP contribution in [0.15, 0.2) is 30.3 Å². The molecule has 2 rings (SSSR count). The van der Waals surface area contributed by atoms with Gasteiger partial charge >= 0.3 is 0 Å². The van der Waals surface area contributed by atoms with E-state index in [0.717, 1.165) is 18.8 Å². The fourth-order valence-electron chi connectivity index (χ4n) is 1.98. The van der Waals surface area contributed by atoms with Crippen molar-refractivity contribution in [2.75, 3.05) is 35.4 Å². The summed E-state index contributed by atoms with van der Waals surface area (Å²) in [5.41, 5.74) is 3.50. The minimum atomic E-state index is 0.352. The van der Waals surface area contributed by atoms with Gasteiger partial charge in [-0.3, -0.25) is 5.43 Å². The van der Waals surface area contributed by atoms with E-state index < -0.39 is 0 Å². The Morgan fingerprint density at radius 2 is 1.62 bits per heavy atom. The second-order valence-electron chi connectivity index (χ2n) is 4.47. The topological polar surface area (TPSA) is 83.2 Å². The third kappa shape index (κ3) is 3.38. The van der Waals surface area contributed by atoms with Crippen LogP contribution in [0.4, 0.5) is 23.5 Å². The average molecular weight is 287 g/mol. The van der Waals surface area contributed by atoms with Crippen LogP contribution >= 0.6 is 0 Å². The van der Waals surface area contributed by atoms with Gasteiger partial charge in [-0.05, 0) is 26.0 Å². The molecule has 1 heterocycles. The molecule has 0 radical (unpaired) electrons. The van der Waals surface area contributed by atoms with Gasteiger partial charge in [0.15, 0.2) is 0 Å². The van der Waals surface area contributed by atoms with Gasteiger partial charge in [0.2, 0.25) is 17.8 Å². The quantitative estimate of drug-likeness (QED) is 0.619. The third-order valence-electron chi connectivity index (χ3n) is 3.23. The smallest absolute Gasteiger partial charge is 0.243 e. The molecule has 0 aliphatic rings. The van der Waals surface area contributed by atoms with Crippen molar-refractivity contribution in [1.82, 2.24) is 15.0 Å². The zero-order chi connectivity index (χ0) is 15.2. The van der Waals surface area contributed by atoms with Crippen LogP contribution < -0.4 is 21.1 Å². The summed E-state index contributed by atoms with van der Waals surface area (Å²) in [7, 11) is 1.91. The van der Waals surface area contributed by atoms with Crippen LogP contribution in [0.1, 0.15) is 13.8 Å². The molecule has 0 saturated carbocycles. The van der Waals surface area contributed by atoms with Gasteiger partial charge in [0.25, 0.3) is 0 Å². The van der Waals surface area contributed by atoms with E-state index >= 15 is 0 Å². The van der Waals surface area contributed by atoms with Crippen molar-refractivity contribution in [3.8, 4) is 0 Å². The fraction of sp³-hybridized carbons (Fsp3) is 0.357. The molecule has 3 N–H and O–H groups in total. The number of nitrogens with zero attached hydrogens (tertiary/aromatic N) is 5. The Balaban J connectivity index is 2.41. The van der Waals surface area contributed by atoms with Gasteiger partial charge in [0.1, 0.15) is 0 Å². The highest BCUT2D eigenvalue weighted by molar-refractivity contribution is 5.58. The normalized spacial score (nSPS) is 10.3. The number of nitrogen functional groups attached to an aromatic ring is 1. The molecule has 0 saturated heterocycles. The molecular weight excluding hydrogens is 266 g/mol. The number of aromatic nitrogens is 3. The van der Waals surface area contributed by atoms with Crippen LogP contribution in [-0.4, -0.2) is 35.1 Å². The first-order valence-corrected chi connectivity index (χ1v) is 6.96. The molecular formula is C14H21N7. The number of rotatable bonds is 6. The van der Waals surface area contributed by atoms with Crippen LogP contribution in [0.3, 0.4) is 0 Å². The van der Waals surface area contributed by atoms with E-state index in [9.17, 15) is 0 Å². The molecule has 0 aliphatic heterocycles. The van der Waals surface area contributed by atoms with E-state index in [0.29, 0.717) is 17.8 Å². The van der Waals surface area contributed by atoms with Gasteiger partial charge in [-0.1, -0.05) is 18.2 Å².